The van der Waals surface area contributed by atoms with E-state index in [1.165, 1.54) is 7.11 Å². The zero-order valence-electron chi connectivity index (χ0n) is 6.39. The third kappa shape index (κ3) is 4.79. The summed E-state index contributed by atoms with van der Waals surface area (Å²) in [7, 11) is 1.41. The second-order valence-corrected chi connectivity index (χ2v) is 3.42. The summed E-state index contributed by atoms with van der Waals surface area (Å²) in [6.45, 7) is 2.08. The number of ether oxygens (including phenoxy) is 1. The molecule has 0 spiro atoms. The number of hydrogen-bond acceptors (Lipinski definition) is 2. The molecule has 0 aliphatic heterocycles. The number of carbonyl (C=O) groups excluding carboxylic acids is 1. The maximum atomic E-state index is 10.6. The molecule has 0 radical (unpaired) electrons. The lowest BCUT2D eigenvalue weighted by atomic mass is 10.2. The summed E-state index contributed by atoms with van der Waals surface area (Å²) in [5.74, 6) is -0.127. The van der Waals surface area contributed by atoms with E-state index in [1.54, 1.807) is 0 Å². The smallest absolute Gasteiger partial charge is 0.305 e. The predicted molar refractivity (Wildman–Crippen MR) is 44.3 cm³/mol. The maximum absolute atomic E-state index is 10.6. The molecule has 0 saturated heterocycles. The van der Waals surface area contributed by atoms with Gasteiger partial charge in [-0.2, -0.15) is 0 Å². The number of halogens is 1. The third-order valence-electron chi connectivity index (χ3n) is 1.33. The SMILES string of the molecule is CCC(Br)CCC(=O)OC. The van der Waals surface area contributed by atoms with Gasteiger partial charge in [0.05, 0.1) is 7.11 Å². The van der Waals surface area contributed by atoms with E-state index in [-0.39, 0.29) is 5.97 Å². The first kappa shape index (κ1) is 9.95. The van der Waals surface area contributed by atoms with E-state index in [4.69, 9.17) is 0 Å². The fraction of sp³-hybridized carbons (Fsp3) is 0.857. The van der Waals surface area contributed by atoms with E-state index >= 15 is 0 Å². The summed E-state index contributed by atoms with van der Waals surface area (Å²) in [6.07, 6.45) is 2.43. The molecule has 0 saturated carbocycles. The van der Waals surface area contributed by atoms with Gasteiger partial charge in [-0.15, -0.1) is 0 Å². The second-order valence-electron chi connectivity index (χ2n) is 2.12. The highest BCUT2D eigenvalue weighted by atomic mass is 79.9. The van der Waals surface area contributed by atoms with Gasteiger partial charge in [0.15, 0.2) is 0 Å². The highest BCUT2D eigenvalue weighted by molar-refractivity contribution is 9.09. The second kappa shape index (κ2) is 5.71. The topological polar surface area (TPSA) is 26.3 Å². The van der Waals surface area contributed by atoms with E-state index in [2.05, 4.69) is 27.6 Å². The molecule has 0 aliphatic rings. The molecule has 60 valence electrons. The van der Waals surface area contributed by atoms with Gasteiger partial charge in [0.25, 0.3) is 0 Å². The van der Waals surface area contributed by atoms with E-state index in [0.29, 0.717) is 11.2 Å². The average Bonchev–Trinajstić information content (AvgIpc) is 1.99. The summed E-state index contributed by atoms with van der Waals surface area (Å²) in [5.41, 5.74) is 0. The van der Waals surface area contributed by atoms with Crippen LogP contribution < -0.4 is 0 Å². The van der Waals surface area contributed by atoms with Gasteiger partial charge in [-0.3, -0.25) is 4.79 Å². The highest BCUT2D eigenvalue weighted by Crippen LogP contribution is 2.11. The van der Waals surface area contributed by atoms with Crippen LogP contribution in [-0.2, 0) is 9.53 Å². The fourth-order valence-corrected chi connectivity index (χ4v) is 0.810. The third-order valence-corrected chi connectivity index (χ3v) is 2.44. The Labute approximate surface area is 70.1 Å². The van der Waals surface area contributed by atoms with E-state index in [0.717, 1.165) is 12.8 Å². The number of carbonyl (C=O) groups is 1. The van der Waals surface area contributed by atoms with Crippen molar-refractivity contribution in [1.29, 1.82) is 0 Å². The molecule has 0 N–H and O–H groups in total. The number of alkyl halides is 1. The molecule has 0 aromatic rings. The van der Waals surface area contributed by atoms with Crippen molar-refractivity contribution in [1.82, 2.24) is 0 Å². The molecule has 0 fully saturated rings. The Morgan fingerprint density at radius 2 is 2.30 bits per heavy atom. The van der Waals surface area contributed by atoms with Gasteiger partial charge in [-0.05, 0) is 12.8 Å². The standard InChI is InChI=1S/C7H13BrO2/c1-3-6(8)4-5-7(9)10-2/h6H,3-5H2,1-2H3. The average molecular weight is 209 g/mol. The molecule has 0 aliphatic carbocycles. The minimum atomic E-state index is -0.127. The fourth-order valence-electron chi connectivity index (χ4n) is 0.581. The lowest BCUT2D eigenvalue weighted by Crippen LogP contribution is -2.04. The van der Waals surface area contributed by atoms with Crippen molar-refractivity contribution in [3.8, 4) is 0 Å². The molecule has 3 heteroatoms. The highest BCUT2D eigenvalue weighted by Gasteiger charge is 2.04. The minimum absolute atomic E-state index is 0.127. The Hall–Kier alpha value is -0.0500. The Kier molecular flexibility index (Phi) is 5.69. The summed E-state index contributed by atoms with van der Waals surface area (Å²) >= 11 is 3.43. The quantitative estimate of drug-likeness (QED) is 0.523. The van der Waals surface area contributed by atoms with Crippen molar-refractivity contribution in [2.45, 2.75) is 31.0 Å². The Morgan fingerprint density at radius 1 is 1.70 bits per heavy atom. The zero-order valence-corrected chi connectivity index (χ0v) is 7.98. The van der Waals surface area contributed by atoms with Gasteiger partial charge in [-0.1, -0.05) is 22.9 Å². The lowest BCUT2D eigenvalue weighted by Gasteiger charge is -2.03. The van der Waals surface area contributed by atoms with Crippen LogP contribution in [0.15, 0.2) is 0 Å². The molecule has 1 unspecified atom stereocenters. The van der Waals surface area contributed by atoms with Crippen LogP contribution in [0.25, 0.3) is 0 Å². The Morgan fingerprint density at radius 3 is 2.70 bits per heavy atom. The molecule has 10 heavy (non-hydrogen) atoms. The van der Waals surface area contributed by atoms with Gasteiger partial charge >= 0.3 is 5.97 Å². The van der Waals surface area contributed by atoms with E-state index < -0.39 is 0 Å². The number of methoxy groups -OCH3 is 1. The zero-order chi connectivity index (χ0) is 7.98. The largest absolute Gasteiger partial charge is 0.469 e. The van der Waals surface area contributed by atoms with Crippen LogP contribution in [-0.4, -0.2) is 17.9 Å². The molecular weight excluding hydrogens is 196 g/mol. The summed E-state index contributed by atoms with van der Waals surface area (Å²) < 4.78 is 4.49. The first-order valence-corrected chi connectivity index (χ1v) is 4.33. The van der Waals surface area contributed by atoms with Crippen molar-refractivity contribution in [2.75, 3.05) is 7.11 Å². The van der Waals surface area contributed by atoms with Crippen molar-refractivity contribution in [3.63, 3.8) is 0 Å². The molecule has 1 atom stereocenters. The van der Waals surface area contributed by atoms with Gasteiger partial charge < -0.3 is 4.74 Å². The summed E-state index contributed by atoms with van der Waals surface area (Å²) in [6, 6.07) is 0. The minimum Gasteiger partial charge on any atom is -0.469 e. The van der Waals surface area contributed by atoms with Crippen LogP contribution in [0.4, 0.5) is 0 Å². The van der Waals surface area contributed by atoms with Gasteiger partial charge in [0, 0.05) is 11.2 Å². The molecule has 0 aromatic carbocycles. The lowest BCUT2D eigenvalue weighted by molar-refractivity contribution is -0.140. The normalized spacial score (nSPS) is 12.7. The van der Waals surface area contributed by atoms with Gasteiger partial charge in [0.1, 0.15) is 0 Å². The van der Waals surface area contributed by atoms with E-state index in [9.17, 15) is 4.79 Å². The van der Waals surface area contributed by atoms with Gasteiger partial charge in [-0.25, -0.2) is 0 Å². The summed E-state index contributed by atoms with van der Waals surface area (Å²) in [4.78, 5) is 11.0. The van der Waals surface area contributed by atoms with Crippen LogP contribution in [0.1, 0.15) is 26.2 Å². The first-order chi connectivity index (χ1) is 4.70. The van der Waals surface area contributed by atoms with Crippen LogP contribution in [0.3, 0.4) is 0 Å². The predicted octanol–water partition coefficient (Wildman–Crippen LogP) is 2.11. The molecular formula is C7H13BrO2. The maximum Gasteiger partial charge on any atom is 0.305 e. The van der Waals surface area contributed by atoms with Crippen molar-refractivity contribution >= 4 is 21.9 Å². The van der Waals surface area contributed by atoms with Crippen LogP contribution in [0.5, 0.6) is 0 Å². The van der Waals surface area contributed by atoms with Gasteiger partial charge in [0.2, 0.25) is 0 Å². The molecule has 0 aromatic heterocycles. The number of rotatable bonds is 4. The van der Waals surface area contributed by atoms with Crippen LogP contribution >= 0.6 is 15.9 Å². The number of hydrogen-bond donors (Lipinski definition) is 0. The number of esters is 1. The molecule has 0 bridgehead atoms. The molecule has 0 heterocycles. The van der Waals surface area contributed by atoms with Crippen molar-refractivity contribution in [2.24, 2.45) is 0 Å². The van der Waals surface area contributed by atoms with Crippen LogP contribution in [0.2, 0.25) is 0 Å². The molecule has 0 rings (SSSR count). The first-order valence-electron chi connectivity index (χ1n) is 3.41. The molecule has 0 amide bonds. The van der Waals surface area contributed by atoms with E-state index in [1.807, 2.05) is 0 Å². The Balaban J connectivity index is 3.26. The van der Waals surface area contributed by atoms with Crippen LogP contribution in [0, 0.1) is 0 Å². The summed E-state index contributed by atoms with van der Waals surface area (Å²) in [5, 5.41) is 0. The van der Waals surface area contributed by atoms with Crippen molar-refractivity contribution < 1.29 is 9.53 Å². The Bertz CT molecular complexity index is 104. The molecule has 2 nitrogen and oxygen atoms in total. The van der Waals surface area contributed by atoms with Crippen molar-refractivity contribution in [3.05, 3.63) is 0 Å². The monoisotopic (exact) mass is 208 g/mol.